The lowest BCUT2D eigenvalue weighted by atomic mass is 10.2. The van der Waals surface area contributed by atoms with Crippen molar-refractivity contribution < 1.29 is 4.79 Å². The summed E-state index contributed by atoms with van der Waals surface area (Å²) in [6, 6.07) is 7.27. The summed E-state index contributed by atoms with van der Waals surface area (Å²) < 4.78 is 1.36. The van der Waals surface area contributed by atoms with E-state index in [0.29, 0.717) is 28.1 Å². The third-order valence-corrected chi connectivity index (χ3v) is 4.37. The van der Waals surface area contributed by atoms with Crippen LogP contribution in [-0.4, -0.2) is 32.6 Å². The van der Waals surface area contributed by atoms with Crippen LogP contribution in [0.1, 0.15) is 20.3 Å². The van der Waals surface area contributed by atoms with Gasteiger partial charge in [-0.25, -0.2) is 4.68 Å². The first-order chi connectivity index (χ1) is 10.5. The van der Waals surface area contributed by atoms with Crippen molar-refractivity contribution in [2.75, 3.05) is 12.4 Å². The zero-order chi connectivity index (χ0) is 16.1. The minimum absolute atomic E-state index is 0.0471. The SMILES string of the molecule is CCCNC(=O)C(C)Sc1nnc(-c2ccccc2Cl)n1N. The second kappa shape index (κ2) is 7.51. The van der Waals surface area contributed by atoms with Gasteiger partial charge in [-0.05, 0) is 25.5 Å². The van der Waals surface area contributed by atoms with E-state index < -0.39 is 0 Å². The van der Waals surface area contributed by atoms with Crippen molar-refractivity contribution >= 4 is 29.3 Å². The highest BCUT2D eigenvalue weighted by molar-refractivity contribution is 8.00. The lowest BCUT2D eigenvalue weighted by Gasteiger charge is -2.11. The van der Waals surface area contributed by atoms with Crippen molar-refractivity contribution in [3.05, 3.63) is 29.3 Å². The lowest BCUT2D eigenvalue weighted by Crippen LogP contribution is -2.31. The number of carbonyl (C=O) groups excluding carboxylic acids is 1. The van der Waals surface area contributed by atoms with Crippen LogP contribution in [0.4, 0.5) is 0 Å². The first kappa shape index (κ1) is 16.6. The van der Waals surface area contributed by atoms with Crippen LogP contribution >= 0.6 is 23.4 Å². The molecule has 1 aromatic heterocycles. The predicted molar refractivity (Wildman–Crippen MR) is 89.2 cm³/mol. The second-order valence-corrected chi connectivity index (χ2v) is 6.42. The Hall–Kier alpha value is -1.73. The van der Waals surface area contributed by atoms with E-state index in [1.807, 2.05) is 25.1 Å². The summed E-state index contributed by atoms with van der Waals surface area (Å²) in [7, 11) is 0. The topological polar surface area (TPSA) is 85.8 Å². The van der Waals surface area contributed by atoms with E-state index in [1.165, 1.54) is 16.4 Å². The standard InChI is InChI=1S/C14H18ClN5OS/c1-3-8-17-13(21)9(2)22-14-19-18-12(20(14)16)10-6-4-5-7-11(10)15/h4-7,9H,3,8,16H2,1-2H3,(H,17,21). The number of amides is 1. The van der Waals surface area contributed by atoms with Gasteiger partial charge in [-0.3, -0.25) is 4.79 Å². The van der Waals surface area contributed by atoms with Crippen molar-refractivity contribution in [2.45, 2.75) is 30.7 Å². The van der Waals surface area contributed by atoms with Gasteiger partial charge in [-0.15, -0.1) is 10.2 Å². The normalized spacial score (nSPS) is 12.1. The molecule has 0 bridgehead atoms. The Morgan fingerprint density at radius 2 is 2.18 bits per heavy atom. The van der Waals surface area contributed by atoms with Gasteiger partial charge in [0, 0.05) is 12.1 Å². The molecule has 1 amide bonds. The number of nitrogens with two attached hydrogens (primary N) is 1. The first-order valence-corrected chi connectivity index (χ1v) is 8.20. The molecule has 2 aromatic rings. The number of hydrogen-bond donors (Lipinski definition) is 2. The summed E-state index contributed by atoms with van der Waals surface area (Å²) in [6.45, 7) is 4.47. The Balaban J connectivity index is 2.15. The Kier molecular flexibility index (Phi) is 5.68. The van der Waals surface area contributed by atoms with E-state index in [-0.39, 0.29) is 11.2 Å². The third-order valence-electron chi connectivity index (χ3n) is 2.98. The molecule has 0 saturated carbocycles. The summed E-state index contributed by atoms with van der Waals surface area (Å²) in [6.07, 6.45) is 0.896. The quantitative estimate of drug-likeness (QED) is 0.623. The largest absolute Gasteiger partial charge is 0.355 e. The molecule has 1 heterocycles. The number of thioether (sulfide) groups is 1. The van der Waals surface area contributed by atoms with Crippen LogP contribution in [0.15, 0.2) is 29.4 Å². The van der Waals surface area contributed by atoms with Crippen LogP contribution in [0.25, 0.3) is 11.4 Å². The maximum Gasteiger partial charge on any atom is 0.233 e. The summed E-state index contributed by atoms with van der Waals surface area (Å²) in [4.78, 5) is 11.9. The molecular formula is C14H18ClN5OS. The van der Waals surface area contributed by atoms with Gasteiger partial charge in [0.15, 0.2) is 5.82 Å². The Labute approximate surface area is 138 Å². The average Bonchev–Trinajstić information content (AvgIpc) is 2.86. The fraction of sp³-hybridized carbons (Fsp3) is 0.357. The van der Waals surface area contributed by atoms with Crippen molar-refractivity contribution in [1.29, 1.82) is 0 Å². The molecule has 118 valence electrons. The Bertz CT molecular complexity index is 660. The van der Waals surface area contributed by atoms with Gasteiger partial charge < -0.3 is 11.2 Å². The van der Waals surface area contributed by atoms with Crippen LogP contribution in [0.3, 0.4) is 0 Å². The molecule has 0 saturated heterocycles. The summed E-state index contributed by atoms with van der Waals surface area (Å²) in [5.41, 5.74) is 0.703. The smallest absolute Gasteiger partial charge is 0.233 e. The molecule has 22 heavy (non-hydrogen) atoms. The molecule has 0 fully saturated rings. The first-order valence-electron chi connectivity index (χ1n) is 6.94. The van der Waals surface area contributed by atoms with Gasteiger partial charge in [0.05, 0.1) is 10.3 Å². The van der Waals surface area contributed by atoms with Crippen LogP contribution < -0.4 is 11.2 Å². The van der Waals surface area contributed by atoms with Crippen molar-refractivity contribution in [1.82, 2.24) is 20.2 Å². The summed E-state index contributed by atoms with van der Waals surface area (Å²) in [5, 5.41) is 11.7. The Morgan fingerprint density at radius 3 is 2.86 bits per heavy atom. The maximum absolute atomic E-state index is 11.9. The molecule has 0 aliphatic carbocycles. The summed E-state index contributed by atoms with van der Waals surface area (Å²) >= 11 is 7.41. The number of nitrogen functional groups attached to an aromatic ring is 1. The highest BCUT2D eigenvalue weighted by Gasteiger charge is 2.20. The number of nitrogens with one attached hydrogen (secondary N) is 1. The molecule has 6 nitrogen and oxygen atoms in total. The van der Waals surface area contributed by atoms with Gasteiger partial charge in [-0.1, -0.05) is 42.4 Å². The van der Waals surface area contributed by atoms with E-state index in [2.05, 4.69) is 15.5 Å². The fourth-order valence-electron chi connectivity index (χ4n) is 1.79. The van der Waals surface area contributed by atoms with Crippen molar-refractivity contribution in [2.24, 2.45) is 0 Å². The minimum Gasteiger partial charge on any atom is -0.355 e. The number of nitrogens with zero attached hydrogens (tertiary/aromatic N) is 3. The van der Waals surface area contributed by atoms with E-state index in [9.17, 15) is 4.79 Å². The highest BCUT2D eigenvalue weighted by atomic mass is 35.5. The zero-order valence-electron chi connectivity index (χ0n) is 12.4. The molecule has 1 atom stereocenters. The number of carbonyl (C=O) groups is 1. The summed E-state index contributed by atoms with van der Waals surface area (Å²) in [5.74, 6) is 6.45. The monoisotopic (exact) mass is 339 g/mol. The second-order valence-electron chi connectivity index (χ2n) is 4.71. The van der Waals surface area contributed by atoms with E-state index in [1.54, 1.807) is 13.0 Å². The predicted octanol–water partition coefficient (Wildman–Crippen LogP) is 2.32. The average molecular weight is 340 g/mol. The van der Waals surface area contributed by atoms with Crippen LogP contribution in [0.5, 0.6) is 0 Å². The number of aromatic nitrogens is 3. The molecule has 8 heteroatoms. The van der Waals surface area contributed by atoms with Gasteiger partial charge in [0.25, 0.3) is 0 Å². The van der Waals surface area contributed by atoms with Gasteiger partial charge >= 0.3 is 0 Å². The molecule has 1 aromatic carbocycles. The lowest BCUT2D eigenvalue weighted by molar-refractivity contribution is -0.120. The maximum atomic E-state index is 11.9. The van der Waals surface area contributed by atoms with Crippen LogP contribution in [-0.2, 0) is 4.79 Å². The minimum atomic E-state index is -0.308. The molecule has 0 aliphatic rings. The van der Waals surface area contributed by atoms with Crippen LogP contribution in [0.2, 0.25) is 5.02 Å². The van der Waals surface area contributed by atoms with E-state index in [0.717, 1.165) is 6.42 Å². The molecule has 3 N–H and O–H groups in total. The van der Waals surface area contributed by atoms with Crippen LogP contribution in [0, 0.1) is 0 Å². The number of hydrogen-bond acceptors (Lipinski definition) is 5. The molecule has 0 aliphatic heterocycles. The number of halogens is 1. The number of rotatable bonds is 6. The third kappa shape index (κ3) is 3.72. The van der Waals surface area contributed by atoms with Crippen molar-refractivity contribution in [3.8, 4) is 11.4 Å². The zero-order valence-corrected chi connectivity index (χ0v) is 14.0. The fourth-order valence-corrected chi connectivity index (χ4v) is 2.80. The van der Waals surface area contributed by atoms with Gasteiger partial charge in [-0.2, -0.15) is 0 Å². The molecular weight excluding hydrogens is 322 g/mol. The van der Waals surface area contributed by atoms with E-state index >= 15 is 0 Å². The highest BCUT2D eigenvalue weighted by Crippen LogP contribution is 2.28. The van der Waals surface area contributed by atoms with E-state index in [4.69, 9.17) is 17.4 Å². The number of benzene rings is 1. The molecule has 1 unspecified atom stereocenters. The van der Waals surface area contributed by atoms with Gasteiger partial charge in [0.1, 0.15) is 0 Å². The molecule has 0 radical (unpaired) electrons. The molecule has 0 spiro atoms. The van der Waals surface area contributed by atoms with Crippen molar-refractivity contribution in [3.63, 3.8) is 0 Å². The molecule has 2 rings (SSSR count). The Morgan fingerprint density at radius 1 is 1.45 bits per heavy atom. The van der Waals surface area contributed by atoms with Gasteiger partial charge in [0.2, 0.25) is 11.1 Å².